The topological polar surface area (TPSA) is 51.2 Å². The number of carbonyl (C=O) groups excluding carboxylic acids is 1. The van der Waals surface area contributed by atoms with E-state index in [1.54, 1.807) is 43.6 Å². The average Bonchev–Trinajstić information content (AvgIpc) is 2.47. The quantitative estimate of drug-likeness (QED) is 0.836. The summed E-state index contributed by atoms with van der Waals surface area (Å²) >= 11 is 0. The van der Waals surface area contributed by atoms with Crippen molar-refractivity contribution in [2.75, 3.05) is 19.0 Å². The molecule has 0 aliphatic rings. The minimum Gasteiger partial charge on any atom is -0.497 e. The van der Waals surface area contributed by atoms with Gasteiger partial charge in [0.15, 0.2) is 5.78 Å². The van der Waals surface area contributed by atoms with E-state index < -0.39 is 0 Å². The molecule has 0 atom stereocenters. The zero-order valence-corrected chi connectivity index (χ0v) is 11.0. The first-order chi connectivity index (χ1) is 9.26. The maximum Gasteiger partial charge on any atom is 0.196 e. The molecule has 0 saturated carbocycles. The first-order valence-electron chi connectivity index (χ1n) is 6.14. The molecule has 0 amide bonds. The number of pyridine rings is 1. The van der Waals surface area contributed by atoms with Crippen LogP contribution in [0.15, 0.2) is 42.6 Å². The number of carbonyl (C=O) groups is 1. The fraction of sp³-hybridized carbons (Fsp3) is 0.200. The van der Waals surface area contributed by atoms with Crippen LogP contribution >= 0.6 is 0 Å². The highest BCUT2D eigenvalue weighted by molar-refractivity contribution is 6.12. The summed E-state index contributed by atoms with van der Waals surface area (Å²) in [6.45, 7) is 2.68. The molecule has 1 heterocycles. The Morgan fingerprint density at radius 1 is 1.32 bits per heavy atom. The number of anilines is 1. The summed E-state index contributed by atoms with van der Waals surface area (Å²) in [7, 11) is 1.58. The van der Waals surface area contributed by atoms with E-state index in [1.165, 1.54) is 0 Å². The number of hydrogen-bond donors (Lipinski definition) is 1. The number of rotatable bonds is 5. The van der Waals surface area contributed by atoms with Gasteiger partial charge < -0.3 is 10.1 Å². The van der Waals surface area contributed by atoms with E-state index in [9.17, 15) is 4.79 Å². The fourth-order valence-corrected chi connectivity index (χ4v) is 1.82. The zero-order valence-electron chi connectivity index (χ0n) is 11.0. The number of ether oxygens (including phenoxy) is 1. The summed E-state index contributed by atoms with van der Waals surface area (Å²) < 4.78 is 5.14. The summed E-state index contributed by atoms with van der Waals surface area (Å²) in [4.78, 5) is 16.7. The van der Waals surface area contributed by atoms with Gasteiger partial charge in [-0.3, -0.25) is 4.79 Å². The highest BCUT2D eigenvalue weighted by atomic mass is 16.5. The van der Waals surface area contributed by atoms with Gasteiger partial charge in [0.1, 0.15) is 11.6 Å². The van der Waals surface area contributed by atoms with Crippen LogP contribution in [-0.2, 0) is 0 Å². The number of nitrogens with one attached hydrogen (secondary N) is 1. The van der Waals surface area contributed by atoms with Crippen LogP contribution in [0.1, 0.15) is 22.8 Å². The monoisotopic (exact) mass is 256 g/mol. The van der Waals surface area contributed by atoms with Gasteiger partial charge in [0.05, 0.1) is 12.7 Å². The number of aromatic nitrogens is 1. The van der Waals surface area contributed by atoms with Crippen molar-refractivity contribution in [2.45, 2.75) is 6.92 Å². The van der Waals surface area contributed by atoms with E-state index in [0.29, 0.717) is 22.7 Å². The lowest BCUT2D eigenvalue weighted by molar-refractivity contribution is 0.103. The molecule has 98 valence electrons. The number of nitrogens with zero attached hydrogens (tertiary/aromatic N) is 1. The van der Waals surface area contributed by atoms with Gasteiger partial charge >= 0.3 is 0 Å². The van der Waals surface area contributed by atoms with Gasteiger partial charge in [-0.1, -0.05) is 12.1 Å². The van der Waals surface area contributed by atoms with Crippen LogP contribution in [0, 0.1) is 0 Å². The van der Waals surface area contributed by atoms with Crippen LogP contribution in [0.4, 0.5) is 5.82 Å². The largest absolute Gasteiger partial charge is 0.497 e. The average molecular weight is 256 g/mol. The van der Waals surface area contributed by atoms with E-state index in [4.69, 9.17) is 4.74 Å². The molecule has 0 fully saturated rings. The van der Waals surface area contributed by atoms with E-state index in [0.717, 1.165) is 6.54 Å². The van der Waals surface area contributed by atoms with Crippen molar-refractivity contribution in [1.82, 2.24) is 4.98 Å². The maximum absolute atomic E-state index is 12.5. The van der Waals surface area contributed by atoms with Gasteiger partial charge in [-0.25, -0.2) is 4.98 Å². The Morgan fingerprint density at radius 2 is 2.16 bits per heavy atom. The van der Waals surface area contributed by atoms with Gasteiger partial charge in [0, 0.05) is 18.3 Å². The molecule has 2 aromatic rings. The van der Waals surface area contributed by atoms with E-state index in [2.05, 4.69) is 10.3 Å². The first-order valence-corrected chi connectivity index (χ1v) is 6.14. The van der Waals surface area contributed by atoms with Crippen LogP contribution in [0.5, 0.6) is 5.75 Å². The molecule has 4 heteroatoms. The Hall–Kier alpha value is -2.36. The Bertz CT molecular complexity index is 582. The highest BCUT2D eigenvalue weighted by Crippen LogP contribution is 2.19. The molecule has 0 spiro atoms. The normalized spacial score (nSPS) is 10.0. The van der Waals surface area contributed by atoms with E-state index >= 15 is 0 Å². The lowest BCUT2D eigenvalue weighted by Gasteiger charge is -2.09. The molecule has 0 saturated heterocycles. The molecule has 0 aliphatic heterocycles. The number of hydrogen-bond acceptors (Lipinski definition) is 4. The molecule has 1 N–H and O–H groups in total. The number of ketones is 1. The van der Waals surface area contributed by atoms with Crippen LogP contribution in [-0.4, -0.2) is 24.4 Å². The molecular formula is C15H16N2O2. The molecule has 1 aromatic heterocycles. The standard InChI is InChI=1S/C15H16N2O2/c1-3-16-15-13(8-5-9-17-15)14(18)11-6-4-7-12(10-11)19-2/h4-10H,3H2,1-2H3,(H,16,17). The summed E-state index contributed by atoms with van der Waals surface area (Å²) in [5, 5.41) is 3.09. The van der Waals surface area contributed by atoms with Crippen LogP contribution in [0.3, 0.4) is 0 Å². The predicted octanol–water partition coefficient (Wildman–Crippen LogP) is 2.75. The Morgan fingerprint density at radius 3 is 2.89 bits per heavy atom. The third kappa shape index (κ3) is 2.91. The second kappa shape index (κ2) is 6.00. The van der Waals surface area contributed by atoms with Crippen LogP contribution in [0.25, 0.3) is 0 Å². The molecule has 4 nitrogen and oxygen atoms in total. The minimum absolute atomic E-state index is 0.0667. The van der Waals surface area contributed by atoms with Gasteiger partial charge in [0.2, 0.25) is 0 Å². The van der Waals surface area contributed by atoms with Crippen molar-refractivity contribution in [3.8, 4) is 5.75 Å². The van der Waals surface area contributed by atoms with Crippen LogP contribution < -0.4 is 10.1 Å². The third-order valence-corrected chi connectivity index (χ3v) is 2.73. The molecule has 0 radical (unpaired) electrons. The van der Waals surface area contributed by atoms with Crippen LogP contribution in [0.2, 0.25) is 0 Å². The molecule has 2 rings (SSSR count). The lowest BCUT2D eigenvalue weighted by atomic mass is 10.0. The fourth-order valence-electron chi connectivity index (χ4n) is 1.82. The van der Waals surface area contributed by atoms with Crippen molar-refractivity contribution in [2.24, 2.45) is 0 Å². The van der Waals surface area contributed by atoms with Crippen molar-refractivity contribution in [3.05, 3.63) is 53.7 Å². The van der Waals surface area contributed by atoms with Gasteiger partial charge in [0.25, 0.3) is 0 Å². The molecule has 0 bridgehead atoms. The maximum atomic E-state index is 12.5. The Kier molecular flexibility index (Phi) is 4.13. The predicted molar refractivity (Wildman–Crippen MR) is 74.8 cm³/mol. The molecule has 0 unspecified atom stereocenters. The lowest BCUT2D eigenvalue weighted by Crippen LogP contribution is -2.09. The summed E-state index contributed by atoms with van der Waals surface area (Å²) in [6, 6.07) is 10.6. The molecule has 1 aromatic carbocycles. The van der Waals surface area contributed by atoms with Gasteiger partial charge in [-0.2, -0.15) is 0 Å². The van der Waals surface area contributed by atoms with Crippen molar-refractivity contribution in [3.63, 3.8) is 0 Å². The number of benzene rings is 1. The van der Waals surface area contributed by atoms with Gasteiger partial charge in [-0.15, -0.1) is 0 Å². The minimum atomic E-state index is -0.0667. The smallest absolute Gasteiger partial charge is 0.196 e. The van der Waals surface area contributed by atoms with Crippen molar-refractivity contribution >= 4 is 11.6 Å². The summed E-state index contributed by atoms with van der Waals surface area (Å²) in [5.74, 6) is 1.21. The Balaban J connectivity index is 2.38. The summed E-state index contributed by atoms with van der Waals surface area (Å²) in [6.07, 6.45) is 1.67. The van der Waals surface area contributed by atoms with E-state index in [1.807, 2.05) is 13.0 Å². The molecule has 0 aliphatic carbocycles. The van der Waals surface area contributed by atoms with E-state index in [-0.39, 0.29) is 5.78 Å². The molecule has 19 heavy (non-hydrogen) atoms. The first kappa shape index (κ1) is 13.1. The Labute approximate surface area is 112 Å². The second-order valence-electron chi connectivity index (χ2n) is 3.99. The van der Waals surface area contributed by atoms with Crippen molar-refractivity contribution < 1.29 is 9.53 Å². The SMILES string of the molecule is CCNc1ncccc1C(=O)c1cccc(OC)c1. The number of methoxy groups -OCH3 is 1. The molecular weight excluding hydrogens is 240 g/mol. The second-order valence-corrected chi connectivity index (χ2v) is 3.99. The van der Waals surface area contributed by atoms with Gasteiger partial charge in [-0.05, 0) is 31.2 Å². The summed E-state index contributed by atoms with van der Waals surface area (Å²) in [5.41, 5.74) is 1.16. The zero-order chi connectivity index (χ0) is 13.7. The van der Waals surface area contributed by atoms with Crippen molar-refractivity contribution in [1.29, 1.82) is 0 Å². The highest BCUT2D eigenvalue weighted by Gasteiger charge is 2.14. The third-order valence-electron chi connectivity index (χ3n) is 2.73.